The molecule has 2 N–H and O–H groups in total. The molecule has 0 aromatic heterocycles. The van der Waals surface area contributed by atoms with Gasteiger partial charge >= 0.3 is 6.03 Å². The van der Waals surface area contributed by atoms with E-state index < -0.39 is 0 Å². The molecule has 0 aliphatic heterocycles. The van der Waals surface area contributed by atoms with Gasteiger partial charge in [0.15, 0.2) is 0 Å². The molecule has 0 saturated heterocycles. The van der Waals surface area contributed by atoms with Crippen molar-refractivity contribution in [2.24, 2.45) is 0 Å². The van der Waals surface area contributed by atoms with E-state index in [9.17, 15) is 4.79 Å². The van der Waals surface area contributed by atoms with Crippen LogP contribution in [-0.4, -0.2) is 12.6 Å². The summed E-state index contributed by atoms with van der Waals surface area (Å²) in [4.78, 5) is 11.1. The number of anilines is 1. The Morgan fingerprint density at radius 3 is 2.36 bits per heavy atom. The van der Waals surface area contributed by atoms with Gasteiger partial charge in [0.25, 0.3) is 0 Å². The molecule has 1 aromatic rings. The highest BCUT2D eigenvalue weighted by molar-refractivity contribution is 6.35. The van der Waals surface area contributed by atoms with Gasteiger partial charge < -0.3 is 10.6 Å². The summed E-state index contributed by atoms with van der Waals surface area (Å²) in [5.74, 6) is 0. The molecule has 0 radical (unpaired) electrons. The molecular formula is C9H10Cl2N2O. The van der Waals surface area contributed by atoms with Gasteiger partial charge in [0.1, 0.15) is 0 Å². The number of amides is 2. The molecule has 1 aromatic carbocycles. The molecule has 0 heterocycles. The third-order valence-electron chi connectivity index (χ3n) is 1.46. The highest BCUT2D eigenvalue weighted by Crippen LogP contribution is 2.22. The predicted octanol–water partition coefficient (Wildman–Crippen LogP) is 3.13. The normalized spacial score (nSPS) is 9.64. The smallest absolute Gasteiger partial charge is 0.319 e. The van der Waals surface area contributed by atoms with E-state index in [4.69, 9.17) is 23.2 Å². The van der Waals surface area contributed by atoms with Gasteiger partial charge in [0.05, 0.1) is 0 Å². The summed E-state index contributed by atoms with van der Waals surface area (Å²) in [6.07, 6.45) is 0. The Balaban J connectivity index is 2.71. The van der Waals surface area contributed by atoms with Gasteiger partial charge in [0.2, 0.25) is 0 Å². The van der Waals surface area contributed by atoms with Crippen LogP contribution in [0.3, 0.4) is 0 Å². The van der Waals surface area contributed by atoms with Crippen LogP contribution < -0.4 is 10.6 Å². The molecule has 0 atom stereocenters. The molecule has 0 aliphatic carbocycles. The van der Waals surface area contributed by atoms with Crippen molar-refractivity contribution in [1.82, 2.24) is 5.32 Å². The summed E-state index contributed by atoms with van der Waals surface area (Å²) < 4.78 is 0. The molecule has 3 nitrogen and oxygen atoms in total. The van der Waals surface area contributed by atoms with Crippen molar-refractivity contribution in [3.05, 3.63) is 28.2 Å². The van der Waals surface area contributed by atoms with Gasteiger partial charge in [-0.1, -0.05) is 23.2 Å². The number of rotatable bonds is 2. The molecule has 5 heteroatoms. The van der Waals surface area contributed by atoms with Crippen LogP contribution in [0, 0.1) is 0 Å². The first-order valence-corrected chi connectivity index (χ1v) is 4.88. The average Bonchev–Trinajstić information content (AvgIpc) is 2.01. The number of nitrogens with one attached hydrogen (secondary N) is 2. The topological polar surface area (TPSA) is 41.1 Å². The van der Waals surface area contributed by atoms with Crippen LogP contribution in [0.1, 0.15) is 6.92 Å². The molecule has 0 saturated carbocycles. The summed E-state index contributed by atoms with van der Waals surface area (Å²) >= 11 is 11.5. The molecular weight excluding hydrogens is 223 g/mol. The second kappa shape index (κ2) is 5.08. The van der Waals surface area contributed by atoms with Crippen LogP contribution in [0.25, 0.3) is 0 Å². The minimum absolute atomic E-state index is 0.272. The molecule has 1 rings (SSSR count). The van der Waals surface area contributed by atoms with E-state index >= 15 is 0 Å². The fourth-order valence-corrected chi connectivity index (χ4v) is 1.49. The lowest BCUT2D eigenvalue weighted by Gasteiger charge is -2.06. The fraction of sp³-hybridized carbons (Fsp3) is 0.222. The van der Waals surface area contributed by atoms with Crippen LogP contribution in [0.5, 0.6) is 0 Å². The van der Waals surface area contributed by atoms with Crippen LogP contribution in [0.15, 0.2) is 18.2 Å². The third kappa shape index (κ3) is 3.44. The Bertz CT molecular complexity index is 321. The van der Waals surface area contributed by atoms with Crippen LogP contribution >= 0.6 is 23.2 Å². The van der Waals surface area contributed by atoms with E-state index in [-0.39, 0.29) is 6.03 Å². The van der Waals surface area contributed by atoms with Gasteiger partial charge in [-0.2, -0.15) is 0 Å². The zero-order chi connectivity index (χ0) is 10.6. The molecule has 0 unspecified atom stereocenters. The minimum atomic E-state index is -0.272. The first-order chi connectivity index (χ1) is 6.61. The lowest BCUT2D eigenvalue weighted by atomic mass is 10.3. The summed E-state index contributed by atoms with van der Waals surface area (Å²) in [6.45, 7) is 2.41. The van der Waals surface area contributed by atoms with Crippen molar-refractivity contribution in [1.29, 1.82) is 0 Å². The van der Waals surface area contributed by atoms with Crippen molar-refractivity contribution >= 4 is 34.9 Å². The number of urea groups is 1. The Morgan fingerprint density at radius 1 is 1.29 bits per heavy atom. The second-order valence-electron chi connectivity index (χ2n) is 2.64. The standard InChI is InChI=1S/C9H10Cl2N2O/c1-2-12-9(14)13-8-4-6(10)3-7(11)5-8/h3-5H,2H2,1H3,(H2,12,13,14). The Hall–Kier alpha value is -0.930. The fourth-order valence-electron chi connectivity index (χ4n) is 0.962. The average molecular weight is 233 g/mol. The summed E-state index contributed by atoms with van der Waals surface area (Å²) in [5, 5.41) is 6.18. The number of carbonyl (C=O) groups is 1. The van der Waals surface area contributed by atoms with E-state index in [1.807, 2.05) is 6.92 Å². The number of hydrogen-bond donors (Lipinski definition) is 2. The molecule has 0 fully saturated rings. The molecule has 0 spiro atoms. The summed E-state index contributed by atoms with van der Waals surface area (Å²) in [7, 11) is 0. The summed E-state index contributed by atoms with van der Waals surface area (Å²) in [5.41, 5.74) is 0.577. The van der Waals surface area contributed by atoms with Gasteiger partial charge in [-0.25, -0.2) is 4.79 Å². The van der Waals surface area contributed by atoms with Crippen molar-refractivity contribution in [3.63, 3.8) is 0 Å². The highest BCUT2D eigenvalue weighted by Gasteiger charge is 2.01. The zero-order valence-electron chi connectivity index (χ0n) is 7.60. The van der Waals surface area contributed by atoms with Gasteiger partial charge in [0, 0.05) is 22.3 Å². The van der Waals surface area contributed by atoms with E-state index in [0.29, 0.717) is 22.3 Å². The number of carbonyl (C=O) groups excluding carboxylic acids is 1. The first kappa shape index (κ1) is 11.1. The van der Waals surface area contributed by atoms with Crippen LogP contribution in [0.2, 0.25) is 10.0 Å². The Morgan fingerprint density at radius 2 is 1.86 bits per heavy atom. The largest absolute Gasteiger partial charge is 0.338 e. The second-order valence-corrected chi connectivity index (χ2v) is 3.52. The Kier molecular flexibility index (Phi) is 4.04. The monoisotopic (exact) mass is 232 g/mol. The van der Waals surface area contributed by atoms with E-state index in [0.717, 1.165) is 0 Å². The summed E-state index contributed by atoms with van der Waals surface area (Å²) in [6, 6.07) is 4.59. The number of benzene rings is 1. The first-order valence-electron chi connectivity index (χ1n) is 4.12. The highest BCUT2D eigenvalue weighted by atomic mass is 35.5. The zero-order valence-corrected chi connectivity index (χ0v) is 9.12. The Labute approximate surface area is 92.4 Å². The quantitative estimate of drug-likeness (QED) is 0.809. The maximum Gasteiger partial charge on any atom is 0.319 e. The van der Waals surface area contributed by atoms with Gasteiger partial charge in [-0.05, 0) is 25.1 Å². The van der Waals surface area contributed by atoms with Crippen LogP contribution in [-0.2, 0) is 0 Å². The number of hydrogen-bond acceptors (Lipinski definition) is 1. The lowest BCUT2D eigenvalue weighted by Crippen LogP contribution is -2.28. The van der Waals surface area contributed by atoms with E-state index in [1.54, 1.807) is 18.2 Å². The molecule has 0 aliphatic rings. The maximum absolute atomic E-state index is 11.1. The third-order valence-corrected chi connectivity index (χ3v) is 1.89. The van der Waals surface area contributed by atoms with Crippen LogP contribution in [0.4, 0.5) is 10.5 Å². The van der Waals surface area contributed by atoms with Gasteiger partial charge in [-0.15, -0.1) is 0 Å². The molecule has 0 bridgehead atoms. The van der Waals surface area contributed by atoms with Crippen molar-refractivity contribution in [2.75, 3.05) is 11.9 Å². The van der Waals surface area contributed by atoms with Crippen molar-refractivity contribution in [3.8, 4) is 0 Å². The lowest BCUT2D eigenvalue weighted by molar-refractivity contribution is 0.252. The molecule has 14 heavy (non-hydrogen) atoms. The van der Waals surface area contributed by atoms with Gasteiger partial charge in [-0.3, -0.25) is 0 Å². The molecule has 76 valence electrons. The number of halogens is 2. The van der Waals surface area contributed by atoms with Crippen molar-refractivity contribution < 1.29 is 4.79 Å². The van der Waals surface area contributed by atoms with E-state index in [1.165, 1.54) is 0 Å². The predicted molar refractivity (Wildman–Crippen MR) is 59.2 cm³/mol. The molecule has 2 amide bonds. The van der Waals surface area contributed by atoms with Crippen molar-refractivity contribution in [2.45, 2.75) is 6.92 Å². The SMILES string of the molecule is CCNC(=O)Nc1cc(Cl)cc(Cl)c1. The minimum Gasteiger partial charge on any atom is -0.338 e. The maximum atomic E-state index is 11.1. The van der Waals surface area contributed by atoms with E-state index in [2.05, 4.69) is 10.6 Å².